The number of anilines is 1. The molecule has 0 radical (unpaired) electrons. The molecule has 0 bridgehead atoms. The van der Waals surface area contributed by atoms with Gasteiger partial charge in [0.1, 0.15) is 11.5 Å². The van der Waals surface area contributed by atoms with Gasteiger partial charge in [-0.3, -0.25) is 9.59 Å². The lowest BCUT2D eigenvalue weighted by Gasteiger charge is -2.22. The minimum atomic E-state index is -4.80. The van der Waals surface area contributed by atoms with E-state index in [9.17, 15) is 22.8 Å². The Kier molecular flexibility index (Phi) is 7.94. The molecule has 0 aliphatic carbocycles. The number of nitrogens with zero attached hydrogens (tertiary/aromatic N) is 5. The first-order chi connectivity index (χ1) is 16.2. The molecule has 34 heavy (non-hydrogen) atoms. The van der Waals surface area contributed by atoms with Crippen LogP contribution in [0, 0.1) is 0 Å². The predicted octanol–water partition coefficient (Wildman–Crippen LogP) is 2.57. The van der Waals surface area contributed by atoms with Crippen LogP contribution in [-0.4, -0.2) is 57.8 Å². The van der Waals surface area contributed by atoms with Crippen LogP contribution < -0.4 is 20.1 Å². The maximum atomic E-state index is 13.0. The van der Waals surface area contributed by atoms with Crippen molar-refractivity contribution in [3.8, 4) is 17.2 Å². The summed E-state index contributed by atoms with van der Waals surface area (Å²) in [6.45, 7) is 0.0761. The van der Waals surface area contributed by atoms with Crippen LogP contribution in [0.15, 0.2) is 53.7 Å². The Labute approximate surface area is 195 Å². The van der Waals surface area contributed by atoms with Crippen LogP contribution in [0.2, 0.25) is 0 Å². The van der Waals surface area contributed by atoms with Gasteiger partial charge in [-0.05, 0) is 59.0 Å². The first-order valence-electron chi connectivity index (χ1n) is 9.66. The molecule has 0 unspecified atom stereocenters. The van der Waals surface area contributed by atoms with E-state index < -0.39 is 18.0 Å². The molecular weight excluding hydrogens is 477 g/mol. The number of benzene rings is 2. The molecule has 1 aromatic heterocycles. The second-order valence-corrected chi connectivity index (χ2v) is 7.61. The highest BCUT2D eigenvalue weighted by atomic mass is 32.2. The number of methoxy groups -OCH3 is 1. The number of rotatable bonds is 10. The monoisotopic (exact) mass is 496 g/mol. The highest BCUT2D eigenvalue weighted by Gasteiger charge is 2.31. The second-order valence-electron chi connectivity index (χ2n) is 6.66. The van der Waals surface area contributed by atoms with Gasteiger partial charge < -0.3 is 20.1 Å². The Bertz CT molecular complexity index is 1120. The molecule has 0 aliphatic heterocycles. The topological polar surface area (TPSA) is 125 Å². The van der Waals surface area contributed by atoms with Gasteiger partial charge in [-0.1, -0.05) is 11.8 Å². The molecule has 3 rings (SSSR count). The number of primary amides is 1. The Morgan fingerprint density at radius 3 is 2.32 bits per heavy atom. The van der Waals surface area contributed by atoms with Crippen molar-refractivity contribution in [3.63, 3.8) is 0 Å². The van der Waals surface area contributed by atoms with Crippen LogP contribution in [0.4, 0.5) is 18.9 Å². The van der Waals surface area contributed by atoms with Crippen LogP contribution in [0.25, 0.3) is 5.69 Å². The fourth-order valence-corrected chi connectivity index (χ4v) is 3.57. The standard InChI is InChI=1S/C20H19F3N6O4S/c1-32-15-6-2-13(3-7-15)28(11-10-17(24)30)18(31)12-34-19-25-26-27-29(19)14-4-8-16(9-5-14)33-20(21,22)23/h2-9H,10-12H2,1H3,(H2,24,30). The molecule has 0 atom stereocenters. The third kappa shape index (κ3) is 6.84. The molecule has 0 saturated carbocycles. The van der Waals surface area contributed by atoms with E-state index in [2.05, 4.69) is 20.3 Å². The van der Waals surface area contributed by atoms with E-state index in [4.69, 9.17) is 10.5 Å². The minimum absolute atomic E-state index is 0.0352. The number of nitrogens with two attached hydrogens (primary N) is 1. The number of aromatic nitrogens is 4. The first kappa shape index (κ1) is 24.8. The van der Waals surface area contributed by atoms with E-state index in [-0.39, 0.29) is 29.8 Å². The van der Waals surface area contributed by atoms with E-state index >= 15 is 0 Å². The molecule has 0 saturated heterocycles. The molecule has 180 valence electrons. The summed E-state index contributed by atoms with van der Waals surface area (Å²) in [6.07, 6.45) is -4.84. The van der Waals surface area contributed by atoms with Gasteiger partial charge >= 0.3 is 6.36 Å². The number of alkyl halides is 3. The molecule has 1 heterocycles. The number of carbonyl (C=O) groups is 2. The van der Waals surface area contributed by atoms with E-state index in [0.29, 0.717) is 17.1 Å². The van der Waals surface area contributed by atoms with Gasteiger partial charge in [-0.15, -0.1) is 18.3 Å². The second kappa shape index (κ2) is 10.9. The normalized spacial score (nSPS) is 11.2. The van der Waals surface area contributed by atoms with E-state index in [1.165, 1.54) is 28.8 Å². The molecule has 10 nitrogen and oxygen atoms in total. The fourth-order valence-electron chi connectivity index (χ4n) is 2.81. The number of ether oxygens (including phenoxy) is 2. The van der Waals surface area contributed by atoms with Gasteiger partial charge in [-0.2, -0.15) is 4.68 Å². The van der Waals surface area contributed by atoms with Crippen molar-refractivity contribution >= 4 is 29.3 Å². The van der Waals surface area contributed by atoms with Crippen molar-refractivity contribution in [3.05, 3.63) is 48.5 Å². The minimum Gasteiger partial charge on any atom is -0.497 e. The maximum Gasteiger partial charge on any atom is 0.573 e. The van der Waals surface area contributed by atoms with Crippen LogP contribution in [0.3, 0.4) is 0 Å². The third-order valence-corrected chi connectivity index (χ3v) is 5.25. The van der Waals surface area contributed by atoms with Gasteiger partial charge in [0.05, 0.1) is 18.6 Å². The van der Waals surface area contributed by atoms with E-state index in [1.54, 1.807) is 24.3 Å². The maximum absolute atomic E-state index is 13.0. The zero-order valence-corrected chi connectivity index (χ0v) is 18.5. The number of halogens is 3. The lowest BCUT2D eigenvalue weighted by atomic mass is 10.2. The SMILES string of the molecule is COc1ccc(N(CCC(N)=O)C(=O)CSc2nnnn2-c2ccc(OC(F)(F)F)cc2)cc1. The van der Waals surface area contributed by atoms with Crippen molar-refractivity contribution in [2.75, 3.05) is 24.3 Å². The Hall–Kier alpha value is -3.81. The lowest BCUT2D eigenvalue weighted by Crippen LogP contribution is -2.35. The fraction of sp³-hybridized carbons (Fsp3) is 0.250. The number of thioether (sulfide) groups is 1. The molecule has 14 heteroatoms. The van der Waals surface area contributed by atoms with Gasteiger partial charge in [0.25, 0.3) is 0 Å². The zero-order valence-electron chi connectivity index (χ0n) is 17.7. The third-order valence-electron chi connectivity index (χ3n) is 4.35. The van der Waals surface area contributed by atoms with E-state index in [1.807, 2.05) is 0 Å². The highest BCUT2D eigenvalue weighted by Crippen LogP contribution is 2.26. The van der Waals surface area contributed by atoms with Crippen LogP contribution >= 0.6 is 11.8 Å². The van der Waals surface area contributed by atoms with Crippen LogP contribution in [0.5, 0.6) is 11.5 Å². The summed E-state index contributed by atoms with van der Waals surface area (Å²) < 4.78 is 47.3. The Morgan fingerprint density at radius 1 is 1.09 bits per heavy atom. The molecule has 0 fully saturated rings. The summed E-state index contributed by atoms with van der Waals surface area (Å²) in [6, 6.07) is 11.7. The number of amides is 2. The smallest absolute Gasteiger partial charge is 0.497 e. The van der Waals surface area contributed by atoms with Crippen molar-refractivity contribution < 1.29 is 32.2 Å². The first-order valence-corrected chi connectivity index (χ1v) is 10.6. The molecular formula is C20H19F3N6O4S. The van der Waals surface area contributed by atoms with E-state index in [0.717, 1.165) is 23.9 Å². The summed E-state index contributed by atoms with van der Waals surface area (Å²) in [4.78, 5) is 25.6. The molecule has 2 amide bonds. The molecule has 2 aromatic carbocycles. The summed E-state index contributed by atoms with van der Waals surface area (Å²) in [5.41, 5.74) is 6.16. The van der Waals surface area contributed by atoms with Crippen molar-refractivity contribution in [1.82, 2.24) is 20.2 Å². The molecule has 3 aromatic rings. The largest absolute Gasteiger partial charge is 0.573 e. The predicted molar refractivity (Wildman–Crippen MR) is 116 cm³/mol. The summed E-state index contributed by atoms with van der Waals surface area (Å²) in [7, 11) is 1.52. The van der Waals surface area contributed by atoms with Crippen molar-refractivity contribution in [1.29, 1.82) is 0 Å². The van der Waals surface area contributed by atoms with Crippen LogP contribution in [0.1, 0.15) is 6.42 Å². The summed E-state index contributed by atoms with van der Waals surface area (Å²) in [5.74, 6) is -0.759. The van der Waals surface area contributed by atoms with Gasteiger partial charge in [0.2, 0.25) is 17.0 Å². The van der Waals surface area contributed by atoms with Crippen molar-refractivity contribution in [2.24, 2.45) is 5.73 Å². The lowest BCUT2D eigenvalue weighted by molar-refractivity contribution is -0.274. The number of tetrazole rings is 1. The number of carbonyl (C=O) groups excluding carboxylic acids is 2. The number of hydrogen-bond donors (Lipinski definition) is 1. The van der Waals surface area contributed by atoms with Gasteiger partial charge in [-0.25, -0.2) is 0 Å². The summed E-state index contributed by atoms with van der Waals surface area (Å²) >= 11 is 1.02. The quantitative estimate of drug-likeness (QED) is 0.425. The van der Waals surface area contributed by atoms with Crippen LogP contribution in [-0.2, 0) is 9.59 Å². The Balaban J connectivity index is 1.71. The molecule has 2 N–H and O–H groups in total. The summed E-state index contributed by atoms with van der Waals surface area (Å²) in [5, 5.41) is 11.5. The van der Waals surface area contributed by atoms with Gasteiger partial charge in [0, 0.05) is 18.7 Å². The zero-order chi connectivity index (χ0) is 24.7. The molecule has 0 aliphatic rings. The average molecular weight is 496 g/mol. The van der Waals surface area contributed by atoms with Gasteiger partial charge in [0.15, 0.2) is 0 Å². The Morgan fingerprint density at radius 2 is 1.74 bits per heavy atom. The average Bonchev–Trinajstić information content (AvgIpc) is 3.26. The number of hydrogen-bond acceptors (Lipinski definition) is 8. The van der Waals surface area contributed by atoms with Crippen molar-refractivity contribution in [2.45, 2.75) is 17.9 Å². The highest BCUT2D eigenvalue weighted by molar-refractivity contribution is 7.99. The molecule has 0 spiro atoms.